The largest absolute Gasteiger partial charge is 0.338 e. The first-order valence-corrected chi connectivity index (χ1v) is 6.72. The molecule has 0 saturated heterocycles. The lowest BCUT2D eigenvalue weighted by atomic mass is 10.4. The van der Waals surface area contributed by atoms with Gasteiger partial charge in [-0.2, -0.15) is 0 Å². The Labute approximate surface area is 93.5 Å². The molecule has 0 bridgehead atoms. The molecule has 1 N–H and O–H groups in total. The van der Waals surface area contributed by atoms with E-state index in [0.717, 1.165) is 25.3 Å². The van der Waals surface area contributed by atoms with Crippen LogP contribution in [0, 0.1) is 0 Å². The smallest absolute Gasteiger partial charge is 0.109 e. The summed E-state index contributed by atoms with van der Waals surface area (Å²) in [6.07, 6.45) is 6.40. The van der Waals surface area contributed by atoms with Gasteiger partial charge in [0, 0.05) is 61.3 Å². The molecule has 0 aliphatic carbocycles. The molecule has 1 rings (SSSR count). The number of nitrogens with zero attached hydrogens (tertiary/aromatic N) is 2. The fourth-order valence-electron chi connectivity index (χ4n) is 1.26. The summed E-state index contributed by atoms with van der Waals surface area (Å²) in [5, 5.41) is 3.50. The predicted octanol–water partition coefficient (Wildman–Crippen LogP) is 0.319. The molecule has 4 nitrogen and oxygen atoms in total. The molecule has 0 fully saturated rings. The van der Waals surface area contributed by atoms with Crippen LogP contribution in [-0.4, -0.2) is 38.4 Å². The number of hydrogen-bond donors (Lipinski definition) is 1. The fourth-order valence-corrected chi connectivity index (χ4v) is 1.61. The van der Waals surface area contributed by atoms with Crippen molar-refractivity contribution in [3.63, 3.8) is 0 Å². The van der Waals surface area contributed by atoms with Gasteiger partial charge in [-0.15, -0.1) is 0 Å². The minimum absolute atomic E-state index is 0.214. The Morgan fingerprint density at radius 2 is 2.40 bits per heavy atom. The van der Waals surface area contributed by atoms with Gasteiger partial charge in [0.1, 0.15) is 5.82 Å². The third-order valence-electron chi connectivity index (χ3n) is 2.44. The lowest BCUT2D eigenvalue weighted by molar-refractivity contribution is 0.633. The highest BCUT2D eigenvalue weighted by Crippen LogP contribution is 1.94. The maximum Gasteiger partial charge on any atom is 0.109 e. The van der Waals surface area contributed by atoms with E-state index in [-0.39, 0.29) is 5.25 Å². The van der Waals surface area contributed by atoms with Crippen LogP contribution in [0.3, 0.4) is 0 Å². The van der Waals surface area contributed by atoms with Gasteiger partial charge in [-0.25, -0.2) is 4.98 Å². The first kappa shape index (κ1) is 12.4. The van der Waals surface area contributed by atoms with Crippen molar-refractivity contribution >= 4 is 10.8 Å². The third-order valence-corrected chi connectivity index (χ3v) is 3.74. The quantitative estimate of drug-likeness (QED) is 0.715. The van der Waals surface area contributed by atoms with Crippen LogP contribution in [0.4, 0.5) is 0 Å². The van der Waals surface area contributed by atoms with Crippen LogP contribution < -0.4 is 5.32 Å². The van der Waals surface area contributed by atoms with E-state index in [0.29, 0.717) is 0 Å². The average molecular weight is 229 g/mol. The van der Waals surface area contributed by atoms with E-state index in [1.807, 2.05) is 24.7 Å². The zero-order valence-corrected chi connectivity index (χ0v) is 10.4. The van der Waals surface area contributed by atoms with Gasteiger partial charge in [0.15, 0.2) is 0 Å². The Bertz CT molecular complexity index is 324. The second-order valence-corrected chi connectivity index (χ2v) is 5.52. The van der Waals surface area contributed by atoms with Gasteiger partial charge >= 0.3 is 0 Å². The van der Waals surface area contributed by atoms with E-state index in [2.05, 4.69) is 10.3 Å². The van der Waals surface area contributed by atoms with Crippen LogP contribution >= 0.6 is 0 Å². The number of imidazole rings is 1. The molecular weight excluding hydrogens is 210 g/mol. The van der Waals surface area contributed by atoms with E-state index in [1.54, 1.807) is 12.5 Å². The molecule has 0 saturated carbocycles. The Hall–Kier alpha value is -0.680. The van der Waals surface area contributed by atoms with Gasteiger partial charge in [-0.1, -0.05) is 0 Å². The van der Waals surface area contributed by atoms with Crippen LogP contribution in [0.5, 0.6) is 0 Å². The summed E-state index contributed by atoms with van der Waals surface area (Å²) >= 11 is 0. The topological polar surface area (TPSA) is 46.9 Å². The van der Waals surface area contributed by atoms with Gasteiger partial charge in [-0.3, -0.25) is 4.21 Å². The van der Waals surface area contributed by atoms with Crippen LogP contribution in [0.2, 0.25) is 0 Å². The third kappa shape index (κ3) is 4.13. The van der Waals surface area contributed by atoms with Crippen molar-refractivity contribution in [2.24, 2.45) is 7.05 Å². The van der Waals surface area contributed by atoms with E-state index in [1.165, 1.54) is 0 Å². The Morgan fingerprint density at radius 3 is 2.93 bits per heavy atom. The number of hydrogen-bond acceptors (Lipinski definition) is 3. The number of rotatable bonds is 6. The van der Waals surface area contributed by atoms with Gasteiger partial charge in [0.05, 0.1) is 0 Å². The maximum atomic E-state index is 11.1. The van der Waals surface area contributed by atoms with Crippen molar-refractivity contribution in [1.82, 2.24) is 14.9 Å². The standard InChI is InChI=1S/C10H19N3OS/c1-9(15(3)14)8-11-5-4-10-12-6-7-13(10)2/h6-7,9,11H,4-5,8H2,1-3H3. The summed E-state index contributed by atoms with van der Waals surface area (Å²) in [6, 6.07) is 0. The van der Waals surface area contributed by atoms with Crippen molar-refractivity contribution in [3.05, 3.63) is 18.2 Å². The minimum atomic E-state index is -0.738. The van der Waals surface area contributed by atoms with Crippen LogP contribution in [0.25, 0.3) is 0 Å². The highest BCUT2D eigenvalue weighted by Gasteiger charge is 2.05. The van der Waals surface area contributed by atoms with Gasteiger partial charge in [0.2, 0.25) is 0 Å². The first-order chi connectivity index (χ1) is 7.11. The molecule has 15 heavy (non-hydrogen) atoms. The van der Waals surface area contributed by atoms with E-state index < -0.39 is 10.8 Å². The highest BCUT2D eigenvalue weighted by molar-refractivity contribution is 7.84. The van der Waals surface area contributed by atoms with E-state index >= 15 is 0 Å². The first-order valence-electron chi connectivity index (χ1n) is 5.10. The Balaban J connectivity index is 2.17. The van der Waals surface area contributed by atoms with Crippen molar-refractivity contribution in [2.75, 3.05) is 19.3 Å². The molecule has 0 radical (unpaired) electrons. The van der Waals surface area contributed by atoms with Crippen LogP contribution in [-0.2, 0) is 24.3 Å². The molecule has 0 amide bonds. The molecular formula is C10H19N3OS. The molecule has 1 aromatic heterocycles. The SMILES string of the molecule is CC(CNCCc1nccn1C)S(C)=O. The van der Waals surface area contributed by atoms with Crippen LogP contribution in [0.15, 0.2) is 12.4 Å². The zero-order chi connectivity index (χ0) is 11.3. The lowest BCUT2D eigenvalue weighted by Gasteiger charge is -2.09. The molecule has 0 aliphatic rings. The average Bonchev–Trinajstić information content (AvgIpc) is 2.58. The monoisotopic (exact) mass is 229 g/mol. The number of aromatic nitrogens is 2. The van der Waals surface area contributed by atoms with E-state index in [9.17, 15) is 4.21 Å². The molecule has 2 unspecified atom stereocenters. The highest BCUT2D eigenvalue weighted by atomic mass is 32.2. The van der Waals surface area contributed by atoms with Crippen molar-refractivity contribution < 1.29 is 4.21 Å². The fraction of sp³-hybridized carbons (Fsp3) is 0.700. The molecule has 2 atom stereocenters. The number of aryl methyl sites for hydroxylation is 1. The molecule has 86 valence electrons. The summed E-state index contributed by atoms with van der Waals surface area (Å²) < 4.78 is 13.1. The van der Waals surface area contributed by atoms with Gasteiger partial charge < -0.3 is 9.88 Å². The Kier molecular flexibility index (Phi) is 4.98. The van der Waals surface area contributed by atoms with Crippen LogP contribution in [0.1, 0.15) is 12.7 Å². The summed E-state index contributed by atoms with van der Waals surface area (Å²) in [4.78, 5) is 4.23. The van der Waals surface area contributed by atoms with Gasteiger partial charge in [-0.05, 0) is 6.92 Å². The summed E-state index contributed by atoms with van der Waals surface area (Å²) in [5.41, 5.74) is 0. The summed E-state index contributed by atoms with van der Waals surface area (Å²) in [6.45, 7) is 3.67. The minimum Gasteiger partial charge on any atom is -0.338 e. The molecule has 5 heteroatoms. The molecule has 0 aromatic carbocycles. The second kappa shape index (κ2) is 6.02. The molecule has 1 heterocycles. The van der Waals surface area contributed by atoms with Crippen molar-refractivity contribution in [2.45, 2.75) is 18.6 Å². The number of nitrogens with one attached hydrogen (secondary N) is 1. The predicted molar refractivity (Wildman–Crippen MR) is 63.3 cm³/mol. The van der Waals surface area contributed by atoms with Gasteiger partial charge in [0.25, 0.3) is 0 Å². The summed E-state index contributed by atoms with van der Waals surface area (Å²) in [7, 11) is 1.25. The van der Waals surface area contributed by atoms with Crippen molar-refractivity contribution in [1.29, 1.82) is 0 Å². The maximum absolute atomic E-state index is 11.1. The zero-order valence-electron chi connectivity index (χ0n) is 9.56. The van der Waals surface area contributed by atoms with E-state index in [4.69, 9.17) is 0 Å². The normalized spacial score (nSPS) is 15.1. The molecule has 1 aromatic rings. The lowest BCUT2D eigenvalue weighted by Crippen LogP contribution is -2.29. The molecule has 0 aliphatic heterocycles. The second-order valence-electron chi connectivity index (χ2n) is 3.72. The van der Waals surface area contributed by atoms with Crippen molar-refractivity contribution in [3.8, 4) is 0 Å². The molecule has 0 spiro atoms. The Morgan fingerprint density at radius 1 is 1.67 bits per heavy atom. The summed E-state index contributed by atoms with van der Waals surface area (Å²) in [5.74, 6) is 1.08.